The van der Waals surface area contributed by atoms with Crippen LogP contribution in [0.1, 0.15) is 17.1 Å². The van der Waals surface area contributed by atoms with Crippen molar-refractivity contribution in [1.82, 2.24) is 14.8 Å². The van der Waals surface area contributed by atoms with Gasteiger partial charge in [-0.25, -0.2) is 0 Å². The molecular formula is C12H12F3N3. The molecule has 6 heteroatoms. The van der Waals surface area contributed by atoms with Gasteiger partial charge in [0.25, 0.3) is 0 Å². The van der Waals surface area contributed by atoms with Crippen LogP contribution >= 0.6 is 0 Å². The van der Waals surface area contributed by atoms with E-state index in [-0.39, 0.29) is 5.56 Å². The lowest BCUT2D eigenvalue weighted by Gasteiger charge is -2.07. The minimum atomic E-state index is -4.46. The van der Waals surface area contributed by atoms with Crippen LogP contribution in [0.4, 0.5) is 13.2 Å². The van der Waals surface area contributed by atoms with Crippen molar-refractivity contribution in [1.29, 1.82) is 0 Å². The van der Waals surface area contributed by atoms with Crippen molar-refractivity contribution in [2.75, 3.05) is 0 Å². The van der Waals surface area contributed by atoms with Crippen molar-refractivity contribution >= 4 is 0 Å². The van der Waals surface area contributed by atoms with Crippen LogP contribution in [-0.2, 0) is 13.2 Å². The normalized spacial score (nSPS) is 11.9. The van der Waals surface area contributed by atoms with Gasteiger partial charge in [-0.2, -0.15) is 18.3 Å². The average molecular weight is 255 g/mol. The molecule has 0 saturated heterocycles. The molecule has 0 aromatic carbocycles. The van der Waals surface area contributed by atoms with E-state index < -0.39 is 11.9 Å². The summed E-state index contributed by atoms with van der Waals surface area (Å²) in [6.45, 7) is 3.36. The van der Waals surface area contributed by atoms with Crippen LogP contribution < -0.4 is 0 Å². The molecule has 0 radical (unpaired) electrons. The van der Waals surface area contributed by atoms with Gasteiger partial charge in [0.15, 0.2) is 5.69 Å². The van der Waals surface area contributed by atoms with E-state index in [1.165, 1.54) is 17.9 Å². The second-order valence-corrected chi connectivity index (χ2v) is 4.12. The van der Waals surface area contributed by atoms with Gasteiger partial charge in [-0.15, -0.1) is 0 Å². The Morgan fingerprint density at radius 1 is 1.22 bits per heavy atom. The summed E-state index contributed by atoms with van der Waals surface area (Å²) in [5, 5.41) is 3.56. The van der Waals surface area contributed by atoms with Crippen LogP contribution in [0.5, 0.6) is 0 Å². The molecule has 96 valence electrons. The average Bonchev–Trinajstić information content (AvgIpc) is 2.55. The molecular weight excluding hydrogens is 243 g/mol. The summed E-state index contributed by atoms with van der Waals surface area (Å²) in [4.78, 5) is 3.99. The molecule has 18 heavy (non-hydrogen) atoms. The van der Waals surface area contributed by atoms with E-state index in [2.05, 4.69) is 10.1 Å². The molecule has 0 amide bonds. The minimum Gasteiger partial charge on any atom is -0.272 e. The largest absolute Gasteiger partial charge is 0.435 e. The molecule has 0 fully saturated rings. The first kappa shape index (κ1) is 12.6. The predicted octanol–water partition coefficient (Wildman–Crippen LogP) is 3.12. The third-order valence-electron chi connectivity index (χ3n) is 2.79. The molecule has 0 aliphatic heterocycles. The Bertz CT molecular complexity index is 585. The fraction of sp³-hybridized carbons (Fsp3) is 0.333. The Kier molecular flexibility index (Phi) is 2.88. The highest BCUT2D eigenvalue weighted by Crippen LogP contribution is 2.37. The summed E-state index contributed by atoms with van der Waals surface area (Å²) in [5.74, 6) is 0. The van der Waals surface area contributed by atoms with Gasteiger partial charge in [0.05, 0.1) is 0 Å². The van der Waals surface area contributed by atoms with Gasteiger partial charge in [-0.1, -0.05) is 0 Å². The maximum absolute atomic E-state index is 12.9. The summed E-state index contributed by atoms with van der Waals surface area (Å²) in [6, 6.07) is 3.19. The molecule has 0 spiro atoms. The summed E-state index contributed by atoms with van der Waals surface area (Å²) >= 11 is 0. The van der Waals surface area contributed by atoms with E-state index in [4.69, 9.17) is 0 Å². The third-order valence-corrected chi connectivity index (χ3v) is 2.79. The number of aromatic nitrogens is 3. The SMILES string of the molecule is Cc1cc(-c2c(C(F)(F)F)nn(C)c2C)ccn1. The van der Waals surface area contributed by atoms with Gasteiger partial charge in [0, 0.05) is 30.2 Å². The zero-order chi connectivity index (χ0) is 13.5. The molecule has 0 unspecified atom stereocenters. The van der Waals surface area contributed by atoms with Gasteiger partial charge in [0.2, 0.25) is 0 Å². The molecule has 2 aromatic heterocycles. The number of hydrogen-bond acceptors (Lipinski definition) is 2. The van der Waals surface area contributed by atoms with E-state index in [0.29, 0.717) is 17.0 Å². The number of halogens is 3. The lowest BCUT2D eigenvalue weighted by Crippen LogP contribution is -2.08. The van der Waals surface area contributed by atoms with Crippen LogP contribution in [-0.4, -0.2) is 14.8 Å². The zero-order valence-corrected chi connectivity index (χ0v) is 10.2. The Balaban J connectivity index is 2.70. The number of hydrogen-bond donors (Lipinski definition) is 0. The van der Waals surface area contributed by atoms with Crippen molar-refractivity contribution < 1.29 is 13.2 Å². The predicted molar refractivity (Wildman–Crippen MR) is 60.9 cm³/mol. The van der Waals surface area contributed by atoms with Crippen LogP contribution in [0, 0.1) is 13.8 Å². The number of aryl methyl sites for hydroxylation is 2. The molecule has 0 bridgehead atoms. The van der Waals surface area contributed by atoms with Gasteiger partial charge in [-0.3, -0.25) is 9.67 Å². The number of pyridine rings is 1. The van der Waals surface area contributed by atoms with Crippen LogP contribution in [0.2, 0.25) is 0 Å². The van der Waals surface area contributed by atoms with Crippen LogP contribution in [0.15, 0.2) is 18.3 Å². The summed E-state index contributed by atoms with van der Waals surface area (Å²) in [7, 11) is 1.50. The smallest absolute Gasteiger partial charge is 0.272 e. The van der Waals surface area contributed by atoms with Crippen molar-refractivity contribution in [3.8, 4) is 11.1 Å². The summed E-state index contributed by atoms with van der Waals surface area (Å²) in [6.07, 6.45) is -2.96. The third kappa shape index (κ3) is 2.10. The lowest BCUT2D eigenvalue weighted by molar-refractivity contribution is -0.140. The Morgan fingerprint density at radius 2 is 1.89 bits per heavy atom. The van der Waals surface area contributed by atoms with Gasteiger partial charge < -0.3 is 0 Å². The van der Waals surface area contributed by atoms with Crippen LogP contribution in [0.3, 0.4) is 0 Å². The highest BCUT2D eigenvalue weighted by atomic mass is 19.4. The van der Waals surface area contributed by atoms with E-state index in [1.807, 2.05) is 0 Å². The van der Waals surface area contributed by atoms with E-state index >= 15 is 0 Å². The van der Waals surface area contributed by atoms with Crippen molar-refractivity contribution in [3.63, 3.8) is 0 Å². The summed E-state index contributed by atoms with van der Waals surface area (Å²) in [5.41, 5.74) is 0.904. The molecule has 0 saturated carbocycles. The number of alkyl halides is 3. The fourth-order valence-electron chi connectivity index (χ4n) is 1.85. The second kappa shape index (κ2) is 4.12. The topological polar surface area (TPSA) is 30.7 Å². The first-order valence-corrected chi connectivity index (χ1v) is 5.34. The van der Waals surface area contributed by atoms with E-state index in [0.717, 1.165) is 0 Å². The molecule has 2 aromatic rings. The van der Waals surface area contributed by atoms with Crippen molar-refractivity contribution in [3.05, 3.63) is 35.4 Å². The standard InChI is InChI=1S/C12H12F3N3/c1-7-6-9(4-5-16-7)10-8(2)18(3)17-11(10)12(13,14)15/h4-6H,1-3H3. The van der Waals surface area contributed by atoms with Gasteiger partial charge >= 0.3 is 6.18 Å². The molecule has 0 atom stereocenters. The van der Waals surface area contributed by atoms with Crippen molar-refractivity contribution in [2.24, 2.45) is 7.05 Å². The molecule has 0 aliphatic carbocycles. The Hall–Kier alpha value is -1.85. The Labute approximate surface area is 102 Å². The first-order chi connectivity index (χ1) is 8.30. The quantitative estimate of drug-likeness (QED) is 0.783. The monoisotopic (exact) mass is 255 g/mol. The van der Waals surface area contributed by atoms with Gasteiger partial charge in [0.1, 0.15) is 0 Å². The van der Waals surface area contributed by atoms with Gasteiger partial charge in [-0.05, 0) is 31.5 Å². The van der Waals surface area contributed by atoms with E-state index in [9.17, 15) is 13.2 Å². The lowest BCUT2D eigenvalue weighted by atomic mass is 10.0. The minimum absolute atomic E-state index is 0.121. The second-order valence-electron chi connectivity index (χ2n) is 4.12. The molecule has 0 aliphatic rings. The first-order valence-electron chi connectivity index (χ1n) is 5.34. The molecule has 0 N–H and O–H groups in total. The summed E-state index contributed by atoms with van der Waals surface area (Å²) < 4.78 is 40.1. The maximum atomic E-state index is 12.9. The zero-order valence-electron chi connectivity index (χ0n) is 10.2. The van der Waals surface area contributed by atoms with Crippen molar-refractivity contribution in [2.45, 2.75) is 20.0 Å². The van der Waals surface area contributed by atoms with E-state index in [1.54, 1.807) is 26.0 Å². The van der Waals surface area contributed by atoms with Crippen LogP contribution in [0.25, 0.3) is 11.1 Å². The molecule has 3 nitrogen and oxygen atoms in total. The maximum Gasteiger partial charge on any atom is 0.435 e. The number of rotatable bonds is 1. The highest BCUT2D eigenvalue weighted by Gasteiger charge is 2.38. The molecule has 2 rings (SSSR count). The Morgan fingerprint density at radius 3 is 2.44 bits per heavy atom. The molecule has 2 heterocycles. The number of nitrogens with zero attached hydrogens (tertiary/aromatic N) is 3. The highest BCUT2D eigenvalue weighted by molar-refractivity contribution is 5.69. The fourth-order valence-corrected chi connectivity index (χ4v) is 1.85.